The van der Waals surface area contributed by atoms with Crippen molar-refractivity contribution in [1.82, 2.24) is 5.32 Å². The van der Waals surface area contributed by atoms with Gasteiger partial charge < -0.3 is 16.2 Å². The normalized spacial score (nSPS) is 13.1. The lowest BCUT2D eigenvalue weighted by Crippen LogP contribution is -2.28. The van der Waals surface area contributed by atoms with E-state index in [4.69, 9.17) is 15.6 Å². The van der Waals surface area contributed by atoms with Crippen LogP contribution in [0.15, 0.2) is 66.7 Å². The molecule has 34 heavy (non-hydrogen) atoms. The van der Waals surface area contributed by atoms with Crippen molar-refractivity contribution in [3.05, 3.63) is 94.8 Å². The van der Waals surface area contributed by atoms with Gasteiger partial charge in [0.1, 0.15) is 5.82 Å². The highest BCUT2D eigenvalue weighted by molar-refractivity contribution is 5.94. The molecule has 1 aliphatic carbocycles. The maximum Gasteiger partial charge on any atom is 0.490 e. The molecule has 0 unspecified atom stereocenters. The Morgan fingerprint density at radius 2 is 1.50 bits per heavy atom. The van der Waals surface area contributed by atoms with E-state index in [1.54, 1.807) is 6.07 Å². The molecule has 1 aliphatic rings. The van der Waals surface area contributed by atoms with Gasteiger partial charge in [-0.25, -0.2) is 9.18 Å². The van der Waals surface area contributed by atoms with Crippen LogP contribution in [0, 0.1) is 5.82 Å². The number of alkyl halides is 3. The van der Waals surface area contributed by atoms with Gasteiger partial charge in [0.25, 0.3) is 0 Å². The minimum Gasteiger partial charge on any atom is -0.475 e. The molecule has 0 bridgehead atoms. The molecule has 4 N–H and O–H groups in total. The number of hydrogen-bond acceptors (Lipinski definition) is 3. The number of carboxylic acid groups (broad SMARTS) is 1. The standard InChI is InChI=1S/C23H21FN2O.C2HF3O2/c24-21-10-19(9-20(11-21)23(25)27)16-7-5-15(6-8-16)14-26-22-12-17-3-1-2-4-18(17)13-22;3-2(4,5)1(6)7/h1-11,22,26H,12-14H2,(H2,25,27);(H,6,7). The summed E-state index contributed by atoms with van der Waals surface area (Å²) in [4.78, 5) is 20.2. The number of carbonyl (C=O) groups is 2. The number of benzene rings is 3. The summed E-state index contributed by atoms with van der Waals surface area (Å²) >= 11 is 0. The van der Waals surface area contributed by atoms with E-state index < -0.39 is 23.9 Å². The number of nitrogens with one attached hydrogen (secondary N) is 1. The summed E-state index contributed by atoms with van der Waals surface area (Å²) in [5.41, 5.74) is 11.0. The van der Waals surface area contributed by atoms with E-state index in [9.17, 15) is 22.4 Å². The average Bonchev–Trinajstić information content (AvgIpc) is 3.20. The summed E-state index contributed by atoms with van der Waals surface area (Å²) in [5.74, 6) is -3.85. The summed E-state index contributed by atoms with van der Waals surface area (Å²) < 4.78 is 45.5. The zero-order valence-corrected chi connectivity index (χ0v) is 17.9. The first kappa shape index (κ1) is 24.9. The molecule has 0 saturated carbocycles. The van der Waals surface area contributed by atoms with Crippen LogP contribution in [0.25, 0.3) is 11.1 Å². The lowest BCUT2D eigenvalue weighted by Gasteiger charge is -2.12. The van der Waals surface area contributed by atoms with E-state index in [1.165, 1.54) is 22.8 Å². The third-order valence-electron chi connectivity index (χ3n) is 5.36. The summed E-state index contributed by atoms with van der Waals surface area (Å²) in [6.45, 7) is 0.786. The van der Waals surface area contributed by atoms with E-state index in [-0.39, 0.29) is 5.56 Å². The van der Waals surface area contributed by atoms with Crippen LogP contribution in [0.4, 0.5) is 17.6 Å². The van der Waals surface area contributed by atoms with Gasteiger partial charge in [-0.1, -0.05) is 48.5 Å². The molecule has 3 aromatic carbocycles. The third-order valence-corrected chi connectivity index (χ3v) is 5.36. The van der Waals surface area contributed by atoms with Gasteiger partial charge in [0.15, 0.2) is 0 Å². The molecule has 0 radical (unpaired) electrons. The number of hydrogen-bond donors (Lipinski definition) is 3. The molecule has 9 heteroatoms. The third kappa shape index (κ3) is 6.64. The minimum absolute atomic E-state index is 0.177. The molecule has 3 aromatic rings. The van der Waals surface area contributed by atoms with Gasteiger partial charge in [-0.3, -0.25) is 4.79 Å². The number of primary amides is 1. The van der Waals surface area contributed by atoms with Crippen LogP contribution in [0.1, 0.15) is 27.0 Å². The van der Waals surface area contributed by atoms with Gasteiger partial charge >= 0.3 is 12.1 Å². The number of nitrogens with two attached hydrogens (primary N) is 1. The molecule has 0 atom stereocenters. The molecule has 0 aromatic heterocycles. The highest BCUT2D eigenvalue weighted by Gasteiger charge is 2.38. The lowest BCUT2D eigenvalue weighted by molar-refractivity contribution is -0.192. The second-order valence-electron chi connectivity index (χ2n) is 7.85. The molecular formula is C25H22F4N2O3. The van der Waals surface area contributed by atoms with E-state index in [1.807, 2.05) is 24.3 Å². The summed E-state index contributed by atoms with van der Waals surface area (Å²) in [7, 11) is 0. The summed E-state index contributed by atoms with van der Waals surface area (Å²) in [6.07, 6.45) is -2.96. The molecule has 0 fully saturated rings. The zero-order valence-electron chi connectivity index (χ0n) is 17.9. The Morgan fingerprint density at radius 1 is 0.941 bits per heavy atom. The monoisotopic (exact) mass is 474 g/mol. The van der Waals surface area contributed by atoms with Gasteiger partial charge in [0.2, 0.25) is 5.91 Å². The van der Waals surface area contributed by atoms with Gasteiger partial charge in [0.05, 0.1) is 0 Å². The first-order valence-corrected chi connectivity index (χ1v) is 10.3. The average molecular weight is 474 g/mol. The Balaban J connectivity index is 0.000000406. The molecular weight excluding hydrogens is 452 g/mol. The second-order valence-corrected chi connectivity index (χ2v) is 7.85. The van der Waals surface area contributed by atoms with Crippen molar-refractivity contribution in [3.8, 4) is 11.1 Å². The van der Waals surface area contributed by atoms with Crippen molar-refractivity contribution in [2.24, 2.45) is 5.73 Å². The Morgan fingerprint density at radius 3 is 2.00 bits per heavy atom. The van der Waals surface area contributed by atoms with Gasteiger partial charge in [0, 0.05) is 18.2 Å². The molecule has 5 nitrogen and oxygen atoms in total. The van der Waals surface area contributed by atoms with E-state index >= 15 is 0 Å². The summed E-state index contributed by atoms with van der Waals surface area (Å²) in [5, 5.41) is 10.7. The topological polar surface area (TPSA) is 92.4 Å². The van der Waals surface area contributed by atoms with Crippen LogP contribution < -0.4 is 11.1 Å². The highest BCUT2D eigenvalue weighted by Crippen LogP contribution is 2.24. The van der Waals surface area contributed by atoms with Gasteiger partial charge in [-0.2, -0.15) is 13.2 Å². The first-order valence-electron chi connectivity index (χ1n) is 10.3. The molecule has 0 aliphatic heterocycles. The van der Waals surface area contributed by atoms with Gasteiger partial charge in [-0.15, -0.1) is 0 Å². The maximum absolute atomic E-state index is 13.7. The van der Waals surface area contributed by atoms with Crippen molar-refractivity contribution >= 4 is 11.9 Å². The van der Waals surface area contributed by atoms with Crippen molar-refractivity contribution in [2.45, 2.75) is 31.6 Å². The number of carbonyl (C=O) groups excluding carboxylic acids is 1. The highest BCUT2D eigenvalue weighted by atomic mass is 19.4. The molecule has 1 amide bonds. The number of fused-ring (bicyclic) bond motifs is 1. The SMILES string of the molecule is NC(=O)c1cc(F)cc(-c2ccc(CNC3Cc4ccccc4C3)cc2)c1.O=C(O)C(F)(F)F. The predicted octanol–water partition coefficient (Wildman–Crippen LogP) is 4.48. The second kappa shape index (κ2) is 10.5. The molecule has 0 saturated heterocycles. The Bertz CT molecular complexity index is 1150. The van der Waals surface area contributed by atoms with Crippen molar-refractivity contribution in [3.63, 3.8) is 0 Å². The fourth-order valence-electron chi connectivity index (χ4n) is 3.68. The lowest BCUT2D eigenvalue weighted by atomic mass is 10.0. The Hall–Kier alpha value is -3.72. The maximum atomic E-state index is 13.7. The first-order chi connectivity index (χ1) is 16.0. The van der Waals surface area contributed by atoms with Crippen LogP contribution in [0.5, 0.6) is 0 Å². The van der Waals surface area contributed by atoms with Crippen LogP contribution in [-0.2, 0) is 24.2 Å². The number of halogens is 4. The van der Waals surface area contributed by atoms with E-state index in [0.717, 1.165) is 31.0 Å². The van der Waals surface area contributed by atoms with Gasteiger partial charge in [-0.05, 0) is 58.9 Å². The Labute approximate surface area is 193 Å². The van der Waals surface area contributed by atoms with Crippen LogP contribution >= 0.6 is 0 Å². The molecule has 0 spiro atoms. The smallest absolute Gasteiger partial charge is 0.475 e. The van der Waals surface area contributed by atoms with Crippen molar-refractivity contribution < 1.29 is 32.3 Å². The molecule has 178 valence electrons. The van der Waals surface area contributed by atoms with Crippen molar-refractivity contribution in [1.29, 1.82) is 0 Å². The zero-order chi connectivity index (χ0) is 24.9. The number of rotatable bonds is 5. The Kier molecular flexibility index (Phi) is 7.68. The molecule has 0 heterocycles. The minimum atomic E-state index is -5.08. The number of carboxylic acids is 1. The van der Waals surface area contributed by atoms with Crippen molar-refractivity contribution in [2.75, 3.05) is 0 Å². The van der Waals surface area contributed by atoms with E-state index in [2.05, 4.69) is 29.6 Å². The van der Waals surface area contributed by atoms with Crippen LogP contribution in [0.3, 0.4) is 0 Å². The van der Waals surface area contributed by atoms with Crippen LogP contribution in [0.2, 0.25) is 0 Å². The fourth-order valence-corrected chi connectivity index (χ4v) is 3.68. The number of aliphatic carboxylic acids is 1. The number of amides is 1. The largest absolute Gasteiger partial charge is 0.490 e. The quantitative estimate of drug-likeness (QED) is 0.476. The summed E-state index contributed by atoms with van der Waals surface area (Å²) in [6, 6.07) is 21.2. The fraction of sp³-hybridized carbons (Fsp3) is 0.200. The van der Waals surface area contributed by atoms with E-state index in [0.29, 0.717) is 11.6 Å². The predicted molar refractivity (Wildman–Crippen MR) is 119 cm³/mol. The molecule has 4 rings (SSSR count). The van der Waals surface area contributed by atoms with Crippen LogP contribution in [-0.4, -0.2) is 29.2 Å².